The van der Waals surface area contributed by atoms with E-state index in [2.05, 4.69) is 25.7 Å². The number of hydrogen-bond donors (Lipinski definition) is 3. The third-order valence-electron chi connectivity index (χ3n) is 4.79. The van der Waals surface area contributed by atoms with Crippen molar-refractivity contribution in [3.05, 3.63) is 73.4 Å². The van der Waals surface area contributed by atoms with Gasteiger partial charge in [0.15, 0.2) is 5.82 Å². The molecule has 0 fully saturated rings. The van der Waals surface area contributed by atoms with Crippen LogP contribution >= 0.6 is 22.9 Å². The van der Waals surface area contributed by atoms with Gasteiger partial charge in [-0.3, -0.25) is 28.6 Å². The minimum Gasteiger partial charge on any atom is -0.313 e. The van der Waals surface area contributed by atoms with Crippen LogP contribution in [-0.2, 0) is 29.9 Å². The maximum Gasteiger partial charge on any atom is 0.394 e. The molecule has 3 heterocycles. The normalized spacial score (nSPS) is 11.2. The molecule has 3 aromatic heterocycles. The lowest BCUT2D eigenvalue weighted by Gasteiger charge is -2.05. The summed E-state index contributed by atoms with van der Waals surface area (Å²) in [6, 6.07) is 6.29. The van der Waals surface area contributed by atoms with Gasteiger partial charge in [0, 0.05) is 35.8 Å². The smallest absolute Gasteiger partial charge is 0.313 e. The second-order valence-electron chi connectivity index (χ2n) is 7.42. The molecule has 0 aliphatic heterocycles. The summed E-state index contributed by atoms with van der Waals surface area (Å²) in [6.07, 6.45) is 2.24. The van der Waals surface area contributed by atoms with Gasteiger partial charge in [-0.1, -0.05) is 29.0 Å². The third kappa shape index (κ3) is 7.99. The summed E-state index contributed by atoms with van der Waals surface area (Å²) in [5.41, 5.74) is 1.30. The van der Waals surface area contributed by atoms with E-state index < -0.39 is 15.3 Å². The van der Waals surface area contributed by atoms with Gasteiger partial charge in [0.05, 0.1) is 11.5 Å². The Morgan fingerprint density at radius 3 is 2.54 bits per heavy atom. The fourth-order valence-corrected chi connectivity index (χ4v) is 4.21. The van der Waals surface area contributed by atoms with Gasteiger partial charge in [-0.05, 0) is 26.0 Å². The highest BCUT2D eigenvalue weighted by Gasteiger charge is 2.21. The fraction of sp³-hybridized carbons (Fsp3) is 0.263. The van der Waals surface area contributed by atoms with Crippen LogP contribution in [0.3, 0.4) is 0 Å². The Hall–Kier alpha value is -3.51. The Kier molecular flexibility index (Phi) is 8.87. The van der Waals surface area contributed by atoms with E-state index in [0.29, 0.717) is 45.9 Å². The number of aromatic nitrogens is 6. The lowest BCUT2D eigenvalue weighted by atomic mass is 10.2. The van der Waals surface area contributed by atoms with E-state index in [1.165, 1.54) is 17.4 Å². The molecule has 0 aliphatic rings. The van der Waals surface area contributed by atoms with Gasteiger partial charge in [0.25, 0.3) is 0 Å². The van der Waals surface area contributed by atoms with Gasteiger partial charge in [0.1, 0.15) is 22.2 Å². The number of aryl methyl sites for hydroxylation is 3. The SMILES string of the molecule is Cc1nn(CCc2nnc(Nc3ccn(Cc4c(F)cccc4Cl)n3)s2)c(C)c1[N+](=O)[O-].O=S(=O)(O)O. The number of rotatable bonds is 8. The minimum absolute atomic E-state index is 0.0388. The fourth-order valence-electron chi connectivity index (χ4n) is 3.25. The van der Waals surface area contributed by atoms with Crippen LogP contribution < -0.4 is 5.32 Å². The number of benzene rings is 1. The van der Waals surface area contributed by atoms with Crippen LogP contribution in [-0.4, -0.2) is 52.2 Å². The van der Waals surface area contributed by atoms with Crippen molar-refractivity contribution in [2.75, 3.05) is 5.32 Å². The minimum atomic E-state index is -4.67. The van der Waals surface area contributed by atoms with Crippen LogP contribution in [0.5, 0.6) is 0 Å². The van der Waals surface area contributed by atoms with E-state index >= 15 is 0 Å². The highest BCUT2D eigenvalue weighted by atomic mass is 35.5. The van der Waals surface area contributed by atoms with E-state index in [9.17, 15) is 14.5 Å². The summed E-state index contributed by atoms with van der Waals surface area (Å²) in [5.74, 6) is 0.151. The molecule has 0 saturated carbocycles. The lowest BCUT2D eigenvalue weighted by Crippen LogP contribution is -2.05. The summed E-state index contributed by atoms with van der Waals surface area (Å²) in [6.45, 7) is 3.94. The monoisotopic (exact) mass is 574 g/mol. The van der Waals surface area contributed by atoms with Crippen molar-refractivity contribution in [3.8, 4) is 0 Å². The van der Waals surface area contributed by atoms with Gasteiger partial charge < -0.3 is 5.32 Å². The maximum absolute atomic E-state index is 14.0. The van der Waals surface area contributed by atoms with Crippen molar-refractivity contribution in [2.24, 2.45) is 0 Å². The average molecular weight is 575 g/mol. The molecule has 198 valence electrons. The molecule has 14 nitrogen and oxygen atoms in total. The molecule has 4 aromatic rings. The van der Waals surface area contributed by atoms with Crippen molar-refractivity contribution in [1.82, 2.24) is 29.8 Å². The molecule has 0 spiro atoms. The van der Waals surface area contributed by atoms with Crippen LogP contribution in [0, 0.1) is 29.8 Å². The van der Waals surface area contributed by atoms with Crippen LogP contribution in [0.25, 0.3) is 0 Å². The van der Waals surface area contributed by atoms with Crippen molar-refractivity contribution in [1.29, 1.82) is 0 Å². The zero-order valence-corrected chi connectivity index (χ0v) is 21.6. The zero-order chi connectivity index (χ0) is 27.3. The van der Waals surface area contributed by atoms with Gasteiger partial charge in [-0.15, -0.1) is 10.2 Å². The van der Waals surface area contributed by atoms with Gasteiger partial charge in [-0.2, -0.15) is 18.6 Å². The van der Waals surface area contributed by atoms with Gasteiger partial charge in [0.2, 0.25) is 5.13 Å². The van der Waals surface area contributed by atoms with Crippen LogP contribution in [0.4, 0.5) is 21.0 Å². The van der Waals surface area contributed by atoms with Crippen LogP contribution in [0.2, 0.25) is 5.02 Å². The number of hydrogen-bond acceptors (Lipinski definition) is 10. The van der Waals surface area contributed by atoms with E-state index in [1.807, 2.05) is 0 Å². The van der Waals surface area contributed by atoms with Crippen molar-refractivity contribution >= 4 is 50.0 Å². The highest BCUT2D eigenvalue weighted by molar-refractivity contribution is 7.79. The summed E-state index contributed by atoms with van der Waals surface area (Å²) in [5, 5.41) is 32.7. The molecule has 18 heteroatoms. The standard InChI is InChI=1S/C19H18ClFN8O2S.H2O4S/c1-11-18(29(30)31)12(2)28(25-11)9-7-17-23-24-19(32-17)22-16-6-8-27(26-16)10-13-14(20)4-3-5-15(13)21;1-5(2,3)4/h3-6,8H,7,9-10H2,1-2H3,(H,22,24,26);(H2,1,2,3,4). The summed E-state index contributed by atoms with van der Waals surface area (Å²) >= 11 is 7.42. The van der Waals surface area contributed by atoms with Crippen molar-refractivity contribution < 1.29 is 26.8 Å². The van der Waals surface area contributed by atoms with Crippen LogP contribution in [0.1, 0.15) is 22.0 Å². The van der Waals surface area contributed by atoms with E-state index in [0.717, 1.165) is 5.01 Å². The lowest BCUT2D eigenvalue weighted by molar-refractivity contribution is -0.386. The second-order valence-corrected chi connectivity index (χ2v) is 9.79. The van der Waals surface area contributed by atoms with Crippen LogP contribution in [0.15, 0.2) is 30.5 Å². The first kappa shape index (κ1) is 28.1. The Morgan fingerprint density at radius 1 is 1.22 bits per heavy atom. The molecule has 0 bridgehead atoms. The zero-order valence-electron chi connectivity index (χ0n) is 19.2. The Labute approximate surface area is 218 Å². The predicted molar refractivity (Wildman–Crippen MR) is 132 cm³/mol. The molecule has 0 atom stereocenters. The molecule has 3 N–H and O–H groups in total. The summed E-state index contributed by atoms with van der Waals surface area (Å²) in [7, 11) is -4.67. The molecular weight excluding hydrogens is 555 g/mol. The summed E-state index contributed by atoms with van der Waals surface area (Å²) < 4.78 is 48.7. The van der Waals surface area contributed by atoms with Gasteiger partial charge >= 0.3 is 16.1 Å². The molecule has 0 unspecified atom stereocenters. The molecule has 1 aromatic carbocycles. The number of nitro groups is 1. The predicted octanol–water partition coefficient (Wildman–Crippen LogP) is 3.63. The first-order valence-corrected chi connectivity index (χ1v) is 12.8. The quantitative estimate of drug-likeness (QED) is 0.158. The highest BCUT2D eigenvalue weighted by Crippen LogP contribution is 2.24. The number of halogens is 2. The Morgan fingerprint density at radius 2 is 1.92 bits per heavy atom. The second kappa shape index (κ2) is 11.7. The van der Waals surface area contributed by atoms with Crippen molar-refractivity contribution in [3.63, 3.8) is 0 Å². The van der Waals surface area contributed by atoms with Gasteiger partial charge in [-0.25, -0.2) is 4.39 Å². The largest absolute Gasteiger partial charge is 0.394 e. The molecule has 37 heavy (non-hydrogen) atoms. The average Bonchev–Trinajstić information content (AvgIpc) is 3.48. The molecule has 0 amide bonds. The van der Waals surface area contributed by atoms with E-state index in [4.69, 9.17) is 29.1 Å². The first-order valence-electron chi connectivity index (χ1n) is 10.3. The molecular formula is C19H20ClFN8O6S2. The van der Waals surface area contributed by atoms with E-state index in [1.54, 1.807) is 47.6 Å². The number of anilines is 2. The topological polar surface area (TPSA) is 191 Å². The molecule has 4 rings (SSSR count). The molecule has 0 saturated heterocycles. The Balaban J connectivity index is 0.000000695. The maximum atomic E-state index is 14.0. The molecule has 0 aliphatic carbocycles. The molecule has 0 radical (unpaired) electrons. The number of nitrogens with one attached hydrogen (secondary N) is 1. The third-order valence-corrected chi connectivity index (χ3v) is 6.04. The Bertz CT molecular complexity index is 1490. The first-order chi connectivity index (χ1) is 17.3. The number of nitrogens with zero attached hydrogens (tertiary/aromatic N) is 7. The van der Waals surface area contributed by atoms with Crippen molar-refractivity contribution in [2.45, 2.75) is 33.4 Å². The summed E-state index contributed by atoms with van der Waals surface area (Å²) in [4.78, 5) is 10.7. The van der Waals surface area contributed by atoms with E-state index in [-0.39, 0.29) is 18.0 Å².